The van der Waals surface area contributed by atoms with E-state index in [9.17, 15) is 32.0 Å². The fourth-order valence-corrected chi connectivity index (χ4v) is 8.92. The van der Waals surface area contributed by atoms with E-state index in [0.29, 0.717) is 27.2 Å². The molecule has 2 atom stereocenters. The van der Waals surface area contributed by atoms with E-state index in [2.05, 4.69) is 4.74 Å². The van der Waals surface area contributed by atoms with Gasteiger partial charge >= 0.3 is 12.6 Å². The third-order valence-electron chi connectivity index (χ3n) is 7.77. The Morgan fingerprint density at radius 3 is 2.47 bits per heavy atom. The highest BCUT2D eigenvalue weighted by molar-refractivity contribution is 8.01. The van der Waals surface area contributed by atoms with Crippen LogP contribution in [0, 0.1) is 11.1 Å². The number of carbonyl (C=O) groups is 2. The number of carbonyl (C=O) groups excluding carboxylic acids is 2. The number of halogens is 4. The summed E-state index contributed by atoms with van der Waals surface area (Å²) in [6.07, 6.45) is 2.70. The van der Waals surface area contributed by atoms with E-state index in [-0.39, 0.29) is 58.5 Å². The lowest BCUT2D eigenvalue weighted by molar-refractivity contribution is -0.605. The molecule has 2 aliphatic rings. The fourth-order valence-electron chi connectivity index (χ4n) is 5.13. The zero-order valence-corrected chi connectivity index (χ0v) is 29.5. The van der Waals surface area contributed by atoms with Crippen molar-refractivity contribution in [2.75, 3.05) is 33.0 Å². The largest absolute Gasteiger partial charge is 0.619 e. The SMILES string of the molecule is CN(C)C(=O)c1cccc(CS(=O)(=O)N2CCSC2C(=O)OC(Cc2c(Cl)c[n+]([O-])cc2Cl)c2ccc(OC(F)F)c(OCC3CC3)c2)c1. The summed E-state index contributed by atoms with van der Waals surface area (Å²) in [7, 11) is -0.907. The Morgan fingerprint density at radius 2 is 1.82 bits per heavy atom. The van der Waals surface area contributed by atoms with E-state index in [1.807, 2.05) is 0 Å². The van der Waals surface area contributed by atoms with Gasteiger partial charge in [-0.25, -0.2) is 13.2 Å². The number of pyridine rings is 1. The average molecular weight is 761 g/mol. The maximum Gasteiger partial charge on any atom is 0.387 e. The van der Waals surface area contributed by atoms with Gasteiger partial charge in [0.05, 0.1) is 12.4 Å². The molecule has 0 N–H and O–H groups in total. The molecule has 17 heteroatoms. The zero-order valence-electron chi connectivity index (χ0n) is 26.4. The number of alkyl halides is 2. The van der Waals surface area contributed by atoms with Gasteiger partial charge in [-0.3, -0.25) is 4.79 Å². The van der Waals surface area contributed by atoms with Crippen molar-refractivity contribution in [3.63, 3.8) is 0 Å². The molecule has 0 bridgehead atoms. The summed E-state index contributed by atoms with van der Waals surface area (Å²) in [4.78, 5) is 27.6. The van der Waals surface area contributed by atoms with Gasteiger partial charge < -0.3 is 24.3 Å². The van der Waals surface area contributed by atoms with Crippen molar-refractivity contribution in [3.8, 4) is 11.5 Å². The molecule has 2 aromatic carbocycles. The molecule has 1 aliphatic carbocycles. The van der Waals surface area contributed by atoms with Gasteiger partial charge in [0.25, 0.3) is 5.91 Å². The first kappa shape index (κ1) is 36.9. The van der Waals surface area contributed by atoms with Crippen molar-refractivity contribution in [2.24, 2.45) is 5.92 Å². The predicted octanol–water partition coefficient (Wildman–Crippen LogP) is 5.45. The van der Waals surface area contributed by atoms with Gasteiger partial charge in [-0.05, 0) is 54.2 Å². The number of amides is 1. The van der Waals surface area contributed by atoms with E-state index in [0.717, 1.165) is 41.3 Å². The predicted molar refractivity (Wildman–Crippen MR) is 179 cm³/mol. The van der Waals surface area contributed by atoms with E-state index in [1.54, 1.807) is 32.3 Å². The highest BCUT2D eigenvalue weighted by Crippen LogP contribution is 2.39. The Balaban J connectivity index is 1.43. The Morgan fingerprint density at radius 1 is 1.10 bits per heavy atom. The number of sulfonamides is 1. The van der Waals surface area contributed by atoms with Crippen molar-refractivity contribution in [1.82, 2.24) is 9.21 Å². The Hall–Kier alpha value is -3.37. The van der Waals surface area contributed by atoms with Gasteiger partial charge in [-0.1, -0.05) is 41.4 Å². The van der Waals surface area contributed by atoms with Crippen LogP contribution in [0.2, 0.25) is 10.0 Å². The van der Waals surface area contributed by atoms with Crippen molar-refractivity contribution in [2.45, 2.75) is 43.1 Å². The van der Waals surface area contributed by atoms with Gasteiger partial charge in [0.15, 0.2) is 29.3 Å². The van der Waals surface area contributed by atoms with E-state index in [1.165, 1.54) is 29.2 Å². The standard InChI is InChI=1S/C32H33Cl2F2N3O8S2/c1-37(2)29(40)22-5-3-4-20(12-22)18-49(43,44)39-10-11-48-30(39)31(41)46-27(14-23-24(33)15-38(42)16-25(23)34)21-8-9-26(47-32(35)36)28(13-21)45-17-19-6-7-19/h3-5,8-9,12-13,15-16,19,27,30,32H,6-7,10-11,14,17-18H2,1-2H3. The maximum atomic E-state index is 13.8. The molecule has 5 rings (SSSR count). The third kappa shape index (κ3) is 9.45. The fraction of sp³-hybridized carbons (Fsp3) is 0.406. The molecule has 0 spiro atoms. The Labute approximate surface area is 296 Å². The van der Waals surface area contributed by atoms with Crippen LogP contribution in [0.3, 0.4) is 0 Å². The molecule has 1 saturated heterocycles. The first-order valence-electron chi connectivity index (χ1n) is 15.1. The number of aromatic nitrogens is 1. The molecular weight excluding hydrogens is 727 g/mol. The highest BCUT2D eigenvalue weighted by Gasteiger charge is 2.41. The van der Waals surface area contributed by atoms with E-state index >= 15 is 0 Å². The summed E-state index contributed by atoms with van der Waals surface area (Å²) in [6, 6.07) is 10.3. The number of thioether (sulfide) groups is 1. The van der Waals surface area contributed by atoms with Crippen LogP contribution in [0.15, 0.2) is 54.9 Å². The second kappa shape index (κ2) is 15.7. The second-order valence-corrected chi connectivity index (χ2v) is 15.7. The lowest BCUT2D eigenvalue weighted by atomic mass is 10.0. The second-order valence-electron chi connectivity index (χ2n) is 11.8. The topological polar surface area (TPSA) is 129 Å². The number of rotatable bonds is 14. The summed E-state index contributed by atoms with van der Waals surface area (Å²) >= 11 is 13.8. The van der Waals surface area contributed by atoms with Crippen LogP contribution in [0.4, 0.5) is 8.78 Å². The zero-order chi connectivity index (χ0) is 35.5. The molecule has 49 heavy (non-hydrogen) atoms. The summed E-state index contributed by atoms with van der Waals surface area (Å²) in [5.41, 5.74) is 1.24. The third-order valence-corrected chi connectivity index (χ3v) is 11.5. The van der Waals surface area contributed by atoms with Crippen LogP contribution in [-0.4, -0.2) is 74.5 Å². The molecule has 0 radical (unpaired) electrons. The van der Waals surface area contributed by atoms with Crippen molar-refractivity contribution in [1.29, 1.82) is 0 Å². The smallest absolute Gasteiger partial charge is 0.387 e. The van der Waals surface area contributed by atoms with Crippen LogP contribution < -0.4 is 14.2 Å². The van der Waals surface area contributed by atoms with Gasteiger partial charge in [-0.2, -0.15) is 17.8 Å². The molecule has 2 heterocycles. The van der Waals surface area contributed by atoms with Crippen molar-refractivity contribution in [3.05, 3.63) is 92.4 Å². The highest BCUT2D eigenvalue weighted by atomic mass is 35.5. The normalized spacial score (nSPS) is 17.2. The van der Waals surface area contributed by atoms with E-state index in [4.69, 9.17) is 32.7 Å². The molecule has 1 aliphatic heterocycles. The lowest BCUT2D eigenvalue weighted by Crippen LogP contribution is -2.41. The van der Waals surface area contributed by atoms with Crippen LogP contribution >= 0.6 is 35.0 Å². The lowest BCUT2D eigenvalue weighted by Gasteiger charge is -2.26. The number of esters is 1. The molecule has 264 valence electrons. The van der Waals surface area contributed by atoms with Gasteiger partial charge in [0.2, 0.25) is 10.0 Å². The molecule has 1 amide bonds. The average Bonchev–Trinajstić information content (AvgIpc) is 3.72. The van der Waals surface area contributed by atoms with E-state index < -0.39 is 39.8 Å². The maximum absolute atomic E-state index is 13.8. The molecule has 1 aromatic heterocycles. The van der Waals surface area contributed by atoms with Gasteiger partial charge in [0, 0.05) is 43.9 Å². The molecule has 2 unspecified atom stereocenters. The van der Waals surface area contributed by atoms with Crippen LogP contribution in [0.1, 0.15) is 46.0 Å². The van der Waals surface area contributed by atoms with Crippen molar-refractivity contribution >= 4 is 56.9 Å². The number of hydrogen-bond donors (Lipinski definition) is 0. The number of nitrogens with zero attached hydrogens (tertiary/aromatic N) is 3. The Bertz CT molecular complexity index is 1790. The first-order valence-corrected chi connectivity index (χ1v) is 18.5. The van der Waals surface area contributed by atoms with Crippen LogP contribution in [-0.2, 0) is 31.7 Å². The van der Waals surface area contributed by atoms with Gasteiger partial charge in [-0.15, -0.1) is 11.8 Å². The Kier molecular flexibility index (Phi) is 11.8. The summed E-state index contributed by atoms with van der Waals surface area (Å²) in [6.45, 7) is -2.82. The van der Waals surface area contributed by atoms with Crippen LogP contribution in [0.25, 0.3) is 0 Å². The molecule has 1 saturated carbocycles. The van der Waals surface area contributed by atoms with Crippen molar-refractivity contribution < 1.29 is 45.7 Å². The minimum absolute atomic E-state index is 0.00262. The molecule has 11 nitrogen and oxygen atoms in total. The molecule has 3 aromatic rings. The minimum atomic E-state index is -4.08. The number of hydrogen-bond acceptors (Lipinski definition) is 9. The van der Waals surface area contributed by atoms with Crippen LogP contribution in [0.5, 0.6) is 11.5 Å². The summed E-state index contributed by atoms with van der Waals surface area (Å²) in [5.74, 6) is -1.27. The van der Waals surface area contributed by atoms with Gasteiger partial charge in [0.1, 0.15) is 16.1 Å². The monoisotopic (exact) mass is 759 g/mol. The molecular formula is C32H33Cl2F2N3O8S2. The summed E-state index contributed by atoms with van der Waals surface area (Å²) in [5, 5.41) is 10.6. The summed E-state index contributed by atoms with van der Waals surface area (Å²) < 4.78 is 71.6. The molecule has 2 fully saturated rings. The minimum Gasteiger partial charge on any atom is -0.619 e. The first-order chi connectivity index (χ1) is 23.2. The number of benzene rings is 2. The number of ether oxygens (including phenoxy) is 3. The quantitative estimate of drug-likeness (QED) is 0.120.